The molecule has 3 rings (SSSR count). The maximum atomic E-state index is 13.6. The molecule has 0 fully saturated rings. The number of aromatic nitrogens is 1. The highest BCUT2D eigenvalue weighted by molar-refractivity contribution is 6.08. The Kier molecular flexibility index (Phi) is 7.88. The van der Waals surface area contributed by atoms with Gasteiger partial charge in [0.25, 0.3) is 11.8 Å². The Labute approximate surface area is 210 Å². The molecule has 202 valence electrons. The van der Waals surface area contributed by atoms with Crippen LogP contribution in [0, 0.1) is 0 Å². The fraction of sp³-hybridized carbons (Fsp3) is 0.174. The van der Waals surface area contributed by atoms with Crippen LogP contribution < -0.4 is 30.0 Å². The van der Waals surface area contributed by atoms with E-state index in [1.54, 1.807) is 0 Å². The predicted molar refractivity (Wildman–Crippen MR) is 118 cm³/mol. The lowest BCUT2D eigenvalue weighted by Gasteiger charge is -2.19. The van der Waals surface area contributed by atoms with Crippen molar-refractivity contribution in [2.75, 3.05) is 19.5 Å². The summed E-state index contributed by atoms with van der Waals surface area (Å²) in [6, 6.07) is 6.02. The number of nitrogens with one attached hydrogen (secondary N) is 1. The molecule has 0 radical (unpaired) electrons. The molecule has 1 heterocycles. The number of carbonyl (C=O) groups excluding carboxylic acids is 2. The number of nitrogens with two attached hydrogens (primary N) is 1. The third-order valence-electron chi connectivity index (χ3n) is 4.70. The molecule has 0 saturated carbocycles. The van der Waals surface area contributed by atoms with E-state index in [9.17, 15) is 35.9 Å². The number of halogens is 6. The molecular formula is C23H17F6N3O6. The van der Waals surface area contributed by atoms with Crippen LogP contribution >= 0.6 is 0 Å². The van der Waals surface area contributed by atoms with Crippen molar-refractivity contribution in [1.82, 2.24) is 4.98 Å². The quantitative estimate of drug-likeness (QED) is 0.375. The number of ether oxygens (including phenoxy) is 4. The fourth-order valence-electron chi connectivity index (χ4n) is 3.10. The van der Waals surface area contributed by atoms with Gasteiger partial charge in [-0.3, -0.25) is 14.6 Å². The number of amides is 2. The van der Waals surface area contributed by atoms with E-state index in [0.29, 0.717) is 12.1 Å². The van der Waals surface area contributed by atoms with Gasteiger partial charge in [-0.15, -0.1) is 13.2 Å². The van der Waals surface area contributed by atoms with E-state index >= 15 is 0 Å². The third kappa shape index (κ3) is 6.74. The van der Waals surface area contributed by atoms with Crippen LogP contribution in [0.1, 0.15) is 26.4 Å². The summed E-state index contributed by atoms with van der Waals surface area (Å²) in [7, 11) is 2.08. The van der Waals surface area contributed by atoms with Crippen molar-refractivity contribution in [2.45, 2.75) is 12.5 Å². The van der Waals surface area contributed by atoms with E-state index in [0.717, 1.165) is 44.7 Å². The number of hydrogen-bond donors (Lipinski definition) is 2. The maximum absolute atomic E-state index is 13.6. The second-order valence-electron chi connectivity index (χ2n) is 7.26. The zero-order chi connectivity index (χ0) is 28.3. The number of primary amides is 1. The SMILES string of the molecule is COc1cc(OC(F)(F)F)ccc1Oc1cc(C(F)(F)F)cc(OC)c1C(=O)Nc1ccnc(C(N)=O)c1. The van der Waals surface area contributed by atoms with Gasteiger partial charge in [0.05, 0.1) is 19.8 Å². The first-order valence-electron chi connectivity index (χ1n) is 10.2. The number of methoxy groups -OCH3 is 2. The van der Waals surface area contributed by atoms with Gasteiger partial charge < -0.3 is 30.0 Å². The van der Waals surface area contributed by atoms with Crippen LogP contribution in [0.25, 0.3) is 0 Å². The van der Waals surface area contributed by atoms with E-state index in [2.05, 4.69) is 15.0 Å². The second kappa shape index (κ2) is 10.7. The lowest BCUT2D eigenvalue weighted by Crippen LogP contribution is -2.18. The molecule has 1 aromatic heterocycles. The van der Waals surface area contributed by atoms with Crippen LogP contribution in [-0.4, -0.2) is 37.4 Å². The van der Waals surface area contributed by atoms with Crippen molar-refractivity contribution in [1.29, 1.82) is 0 Å². The van der Waals surface area contributed by atoms with Gasteiger partial charge in [0, 0.05) is 18.0 Å². The number of hydrogen-bond acceptors (Lipinski definition) is 7. The van der Waals surface area contributed by atoms with E-state index in [1.165, 1.54) is 6.07 Å². The summed E-state index contributed by atoms with van der Waals surface area (Å²) in [5.41, 5.74) is 3.20. The first-order valence-corrected chi connectivity index (χ1v) is 10.2. The number of anilines is 1. The summed E-state index contributed by atoms with van der Waals surface area (Å²) in [6.07, 6.45) is -8.75. The van der Waals surface area contributed by atoms with Gasteiger partial charge in [-0.05, 0) is 36.4 Å². The molecule has 2 amide bonds. The lowest BCUT2D eigenvalue weighted by molar-refractivity contribution is -0.274. The second-order valence-corrected chi connectivity index (χ2v) is 7.26. The van der Waals surface area contributed by atoms with Crippen molar-refractivity contribution in [3.63, 3.8) is 0 Å². The molecule has 3 aromatic rings. The number of alkyl halides is 6. The summed E-state index contributed by atoms with van der Waals surface area (Å²) in [5.74, 6) is -4.55. The monoisotopic (exact) mass is 545 g/mol. The number of nitrogens with zero attached hydrogens (tertiary/aromatic N) is 1. The largest absolute Gasteiger partial charge is 0.573 e. The molecule has 38 heavy (non-hydrogen) atoms. The first kappa shape index (κ1) is 27.9. The van der Waals surface area contributed by atoms with Gasteiger partial charge in [0.15, 0.2) is 11.5 Å². The Morgan fingerprint density at radius 3 is 2.11 bits per heavy atom. The zero-order valence-electron chi connectivity index (χ0n) is 19.4. The average molecular weight is 545 g/mol. The molecule has 0 unspecified atom stereocenters. The van der Waals surface area contributed by atoms with Crippen LogP contribution in [-0.2, 0) is 6.18 Å². The van der Waals surface area contributed by atoms with Crippen LogP contribution in [0.15, 0.2) is 48.7 Å². The minimum atomic E-state index is -5.02. The van der Waals surface area contributed by atoms with Crippen LogP contribution in [0.3, 0.4) is 0 Å². The van der Waals surface area contributed by atoms with E-state index in [-0.39, 0.29) is 22.9 Å². The summed E-state index contributed by atoms with van der Waals surface area (Å²) >= 11 is 0. The Morgan fingerprint density at radius 2 is 1.53 bits per heavy atom. The summed E-state index contributed by atoms with van der Waals surface area (Å²) in [5, 5.41) is 2.37. The molecule has 0 atom stereocenters. The molecule has 9 nitrogen and oxygen atoms in total. The van der Waals surface area contributed by atoms with Gasteiger partial charge in [-0.25, -0.2) is 0 Å². The Bertz CT molecular complexity index is 1360. The molecule has 0 aliphatic rings. The maximum Gasteiger partial charge on any atom is 0.573 e. The summed E-state index contributed by atoms with van der Waals surface area (Å²) in [6.45, 7) is 0. The highest BCUT2D eigenvalue weighted by atomic mass is 19.4. The number of benzene rings is 2. The Balaban J connectivity index is 2.10. The minimum Gasteiger partial charge on any atom is -0.496 e. The van der Waals surface area contributed by atoms with Gasteiger partial charge >= 0.3 is 12.5 Å². The molecule has 3 N–H and O–H groups in total. The van der Waals surface area contributed by atoms with E-state index in [4.69, 9.17) is 19.9 Å². The molecule has 0 spiro atoms. The number of pyridine rings is 1. The van der Waals surface area contributed by atoms with Gasteiger partial charge in [-0.2, -0.15) is 13.2 Å². The lowest BCUT2D eigenvalue weighted by atomic mass is 10.1. The highest BCUT2D eigenvalue weighted by Crippen LogP contribution is 2.43. The summed E-state index contributed by atoms with van der Waals surface area (Å²) < 4.78 is 97.7. The van der Waals surface area contributed by atoms with Crippen LogP contribution in [0.4, 0.5) is 32.0 Å². The predicted octanol–water partition coefficient (Wildman–Crippen LogP) is 5.16. The topological polar surface area (TPSA) is 122 Å². The highest BCUT2D eigenvalue weighted by Gasteiger charge is 2.35. The average Bonchev–Trinajstić information content (AvgIpc) is 2.82. The zero-order valence-corrected chi connectivity index (χ0v) is 19.4. The fourth-order valence-corrected chi connectivity index (χ4v) is 3.10. The van der Waals surface area contributed by atoms with Crippen molar-refractivity contribution in [2.24, 2.45) is 5.73 Å². The van der Waals surface area contributed by atoms with Gasteiger partial charge in [-0.1, -0.05) is 0 Å². The number of carbonyl (C=O) groups is 2. The van der Waals surface area contributed by atoms with Crippen molar-refractivity contribution < 1.29 is 54.9 Å². The van der Waals surface area contributed by atoms with Crippen molar-refractivity contribution in [3.8, 4) is 28.7 Å². The standard InChI is InChI=1S/C23H17F6N3O6/c1-35-16-10-13(38-23(27,28)29)3-4-15(16)37-18-8-11(22(24,25)26)7-17(36-2)19(18)21(34)32-12-5-6-31-14(9-12)20(30)33/h3-10H,1-2H3,(H2,30,33)(H,31,32,34). The molecular weight excluding hydrogens is 528 g/mol. The molecule has 0 saturated heterocycles. The first-order chi connectivity index (χ1) is 17.7. The Hall–Kier alpha value is -4.69. The normalized spacial score (nSPS) is 11.5. The summed E-state index contributed by atoms with van der Waals surface area (Å²) in [4.78, 5) is 28.2. The third-order valence-corrected chi connectivity index (χ3v) is 4.70. The number of rotatable bonds is 8. The Morgan fingerprint density at radius 1 is 0.868 bits per heavy atom. The minimum absolute atomic E-state index is 0.0120. The molecule has 0 bridgehead atoms. The molecule has 0 aliphatic heterocycles. The van der Waals surface area contributed by atoms with Crippen LogP contribution in [0.2, 0.25) is 0 Å². The molecule has 15 heteroatoms. The van der Waals surface area contributed by atoms with Crippen LogP contribution in [0.5, 0.6) is 28.7 Å². The molecule has 2 aromatic carbocycles. The van der Waals surface area contributed by atoms with E-state index < -0.39 is 52.7 Å². The van der Waals surface area contributed by atoms with Gasteiger partial charge in [0.2, 0.25) is 0 Å². The van der Waals surface area contributed by atoms with Crippen molar-refractivity contribution in [3.05, 3.63) is 65.5 Å². The molecule has 0 aliphatic carbocycles. The van der Waals surface area contributed by atoms with E-state index in [1.807, 2.05) is 0 Å². The van der Waals surface area contributed by atoms with Crippen molar-refractivity contribution >= 4 is 17.5 Å². The van der Waals surface area contributed by atoms with Gasteiger partial charge in [0.1, 0.15) is 28.5 Å². The smallest absolute Gasteiger partial charge is 0.496 e.